The SMILES string of the molecule is Cc1cc(N2CCOc3ccc(OC4CCN(C(=O)C5CCOCC5)C4)cc32)cnc1Cl. The van der Waals surface area contributed by atoms with E-state index in [9.17, 15) is 4.79 Å². The van der Waals surface area contributed by atoms with Crippen LogP contribution in [0.4, 0.5) is 11.4 Å². The van der Waals surface area contributed by atoms with Gasteiger partial charge in [-0.1, -0.05) is 11.6 Å². The molecule has 1 atom stereocenters. The molecule has 1 aromatic carbocycles. The number of amides is 1. The number of aryl methyl sites for hydroxylation is 1. The second-order valence-electron chi connectivity index (χ2n) is 8.63. The van der Waals surface area contributed by atoms with Gasteiger partial charge in [-0.05, 0) is 43.5 Å². The Morgan fingerprint density at radius 1 is 1.16 bits per heavy atom. The number of hydrogen-bond acceptors (Lipinski definition) is 6. The molecule has 0 aliphatic carbocycles. The maximum atomic E-state index is 12.8. The number of pyridine rings is 1. The highest BCUT2D eigenvalue weighted by Crippen LogP contribution is 2.40. The van der Waals surface area contributed by atoms with Crippen LogP contribution in [0.5, 0.6) is 11.5 Å². The maximum absolute atomic E-state index is 12.8. The quantitative estimate of drug-likeness (QED) is 0.647. The summed E-state index contributed by atoms with van der Waals surface area (Å²) in [4.78, 5) is 21.3. The van der Waals surface area contributed by atoms with E-state index in [0.717, 1.165) is 60.8 Å². The fourth-order valence-corrected chi connectivity index (χ4v) is 4.75. The number of rotatable bonds is 4. The standard InChI is InChI=1S/C24H28ClN3O4/c1-16-12-18(14-26-23(16)25)28-8-11-31-22-3-2-19(13-21(22)28)32-20-4-7-27(15-20)24(29)17-5-9-30-10-6-17/h2-3,12-14,17,20H,4-11,15H2,1H3. The summed E-state index contributed by atoms with van der Waals surface area (Å²) >= 11 is 6.12. The highest BCUT2D eigenvalue weighted by Gasteiger charge is 2.33. The Labute approximate surface area is 193 Å². The van der Waals surface area contributed by atoms with Crippen molar-refractivity contribution in [2.75, 3.05) is 44.4 Å². The summed E-state index contributed by atoms with van der Waals surface area (Å²) in [7, 11) is 0. The van der Waals surface area contributed by atoms with Crippen LogP contribution in [0.2, 0.25) is 5.15 Å². The number of nitrogens with zero attached hydrogens (tertiary/aromatic N) is 3. The Kier molecular flexibility index (Phi) is 6.11. The third-order valence-electron chi connectivity index (χ3n) is 6.44. The topological polar surface area (TPSA) is 64.1 Å². The van der Waals surface area contributed by atoms with Crippen LogP contribution in [0.3, 0.4) is 0 Å². The Hall–Kier alpha value is -2.51. The molecule has 3 aliphatic rings. The van der Waals surface area contributed by atoms with Gasteiger partial charge >= 0.3 is 0 Å². The number of aromatic nitrogens is 1. The highest BCUT2D eigenvalue weighted by atomic mass is 35.5. The van der Waals surface area contributed by atoms with Gasteiger partial charge in [-0.25, -0.2) is 4.98 Å². The summed E-state index contributed by atoms with van der Waals surface area (Å²) in [5.74, 6) is 1.94. The lowest BCUT2D eigenvalue weighted by atomic mass is 9.99. The minimum Gasteiger partial charge on any atom is -0.490 e. The van der Waals surface area contributed by atoms with Gasteiger partial charge in [0.2, 0.25) is 5.91 Å². The first-order valence-electron chi connectivity index (χ1n) is 11.3. The van der Waals surface area contributed by atoms with Crippen LogP contribution < -0.4 is 14.4 Å². The second kappa shape index (κ2) is 9.16. The van der Waals surface area contributed by atoms with Crippen molar-refractivity contribution in [1.29, 1.82) is 0 Å². The van der Waals surface area contributed by atoms with E-state index in [1.54, 1.807) is 6.20 Å². The predicted octanol–water partition coefficient (Wildman–Crippen LogP) is 3.98. The fraction of sp³-hybridized carbons (Fsp3) is 0.500. The van der Waals surface area contributed by atoms with Gasteiger partial charge in [0.05, 0.1) is 30.7 Å². The Morgan fingerprint density at radius 2 is 2.00 bits per heavy atom. The van der Waals surface area contributed by atoms with Crippen molar-refractivity contribution in [3.63, 3.8) is 0 Å². The van der Waals surface area contributed by atoms with Crippen LogP contribution in [-0.2, 0) is 9.53 Å². The number of anilines is 2. The molecule has 0 bridgehead atoms. The molecule has 170 valence electrons. The van der Waals surface area contributed by atoms with Crippen molar-refractivity contribution in [2.45, 2.75) is 32.3 Å². The zero-order valence-corrected chi connectivity index (χ0v) is 19.0. The van der Waals surface area contributed by atoms with E-state index in [4.69, 9.17) is 25.8 Å². The lowest BCUT2D eigenvalue weighted by Gasteiger charge is -2.32. The molecule has 3 aliphatic heterocycles. The lowest BCUT2D eigenvalue weighted by molar-refractivity contribution is -0.137. The molecule has 0 N–H and O–H groups in total. The van der Waals surface area contributed by atoms with Crippen molar-refractivity contribution in [2.24, 2.45) is 5.92 Å². The van der Waals surface area contributed by atoms with E-state index in [-0.39, 0.29) is 17.9 Å². The first-order chi connectivity index (χ1) is 15.6. The molecular weight excluding hydrogens is 430 g/mol. The van der Waals surface area contributed by atoms with Crippen LogP contribution in [0.1, 0.15) is 24.8 Å². The molecule has 1 unspecified atom stereocenters. The third-order valence-corrected chi connectivity index (χ3v) is 6.83. The first-order valence-corrected chi connectivity index (χ1v) is 11.7. The summed E-state index contributed by atoms with van der Waals surface area (Å²) in [6.45, 7) is 6.01. The molecule has 5 rings (SSSR count). The van der Waals surface area contributed by atoms with E-state index in [1.807, 2.05) is 36.1 Å². The second-order valence-corrected chi connectivity index (χ2v) is 8.99. The van der Waals surface area contributed by atoms with Crippen molar-refractivity contribution in [3.05, 3.63) is 41.2 Å². The molecule has 2 fully saturated rings. The van der Waals surface area contributed by atoms with Gasteiger partial charge in [-0.3, -0.25) is 4.79 Å². The minimum atomic E-state index is -0.00533. The summed E-state index contributed by atoms with van der Waals surface area (Å²) in [6, 6.07) is 7.94. The smallest absolute Gasteiger partial charge is 0.225 e. The molecular formula is C24H28ClN3O4. The van der Waals surface area contributed by atoms with Crippen LogP contribution in [0.25, 0.3) is 0 Å². The normalized spacial score (nSPS) is 21.2. The van der Waals surface area contributed by atoms with E-state index < -0.39 is 0 Å². The van der Waals surface area contributed by atoms with Crippen molar-refractivity contribution in [3.8, 4) is 11.5 Å². The van der Waals surface area contributed by atoms with Crippen molar-refractivity contribution >= 4 is 28.9 Å². The van der Waals surface area contributed by atoms with E-state index in [2.05, 4.69) is 9.88 Å². The molecule has 0 spiro atoms. The molecule has 4 heterocycles. The van der Waals surface area contributed by atoms with Gasteiger partial charge in [-0.15, -0.1) is 0 Å². The lowest BCUT2D eigenvalue weighted by Crippen LogP contribution is -2.38. The number of carbonyl (C=O) groups excluding carboxylic acids is 1. The molecule has 8 heteroatoms. The Balaban J connectivity index is 1.28. The van der Waals surface area contributed by atoms with Gasteiger partial charge in [0, 0.05) is 38.2 Å². The minimum absolute atomic E-state index is 0.00533. The number of likely N-dealkylation sites (tertiary alicyclic amines) is 1. The number of carbonyl (C=O) groups is 1. The van der Waals surface area contributed by atoms with Crippen molar-refractivity contribution in [1.82, 2.24) is 9.88 Å². The first kappa shape index (κ1) is 21.3. The van der Waals surface area contributed by atoms with Gasteiger partial charge in [0.15, 0.2) is 0 Å². The molecule has 1 amide bonds. The average molecular weight is 458 g/mol. The molecule has 32 heavy (non-hydrogen) atoms. The summed E-state index contributed by atoms with van der Waals surface area (Å²) in [5, 5.41) is 0.514. The van der Waals surface area contributed by atoms with Gasteiger partial charge in [0.25, 0.3) is 0 Å². The molecule has 0 radical (unpaired) electrons. The molecule has 7 nitrogen and oxygen atoms in total. The van der Waals surface area contributed by atoms with Crippen LogP contribution in [-0.4, -0.2) is 61.3 Å². The Morgan fingerprint density at radius 3 is 2.81 bits per heavy atom. The highest BCUT2D eigenvalue weighted by molar-refractivity contribution is 6.30. The van der Waals surface area contributed by atoms with Gasteiger partial charge in [0.1, 0.15) is 29.4 Å². The molecule has 2 saturated heterocycles. The summed E-state index contributed by atoms with van der Waals surface area (Å²) < 4.78 is 17.6. The van der Waals surface area contributed by atoms with E-state index in [0.29, 0.717) is 31.5 Å². The number of fused-ring (bicyclic) bond motifs is 1. The van der Waals surface area contributed by atoms with Crippen LogP contribution in [0.15, 0.2) is 30.5 Å². The summed E-state index contributed by atoms with van der Waals surface area (Å²) in [5.41, 5.74) is 2.86. The van der Waals surface area contributed by atoms with Gasteiger partial charge < -0.3 is 24.0 Å². The van der Waals surface area contributed by atoms with Crippen molar-refractivity contribution < 1.29 is 19.0 Å². The number of hydrogen-bond donors (Lipinski definition) is 0. The van der Waals surface area contributed by atoms with Gasteiger partial charge in [-0.2, -0.15) is 0 Å². The van der Waals surface area contributed by atoms with Crippen LogP contribution >= 0.6 is 11.6 Å². The monoisotopic (exact) mass is 457 g/mol. The maximum Gasteiger partial charge on any atom is 0.225 e. The average Bonchev–Trinajstić information content (AvgIpc) is 3.29. The number of benzene rings is 1. The molecule has 0 saturated carbocycles. The third kappa shape index (κ3) is 4.36. The predicted molar refractivity (Wildman–Crippen MR) is 122 cm³/mol. The molecule has 2 aromatic rings. The Bertz CT molecular complexity index is 995. The number of halogens is 1. The zero-order valence-electron chi connectivity index (χ0n) is 18.3. The van der Waals surface area contributed by atoms with E-state index in [1.165, 1.54) is 0 Å². The summed E-state index contributed by atoms with van der Waals surface area (Å²) in [6.07, 6.45) is 4.26. The largest absolute Gasteiger partial charge is 0.490 e. The zero-order chi connectivity index (χ0) is 22.1. The van der Waals surface area contributed by atoms with E-state index >= 15 is 0 Å². The van der Waals surface area contributed by atoms with Crippen LogP contribution in [0, 0.1) is 12.8 Å². The fourth-order valence-electron chi connectivity index (χ4n) is 4.65. The molecule has 1 aromatic heterocycles. The number of ether oxygens (including phenoxy) is 3.